The summed E-state index contributed by atoms with van der Waals surface area (Å²) in [7, 11) is 0. The summed E-state index contributed by atoms with van der Waals surface area (Å²) in [5, 5.41) is 3.67. The predicted octanol–water partition coefficient (Wildman–Crippen LogP) is 2.62. The molecule has 5 heteroatoms. The van der Waals surface area contributed by atoms with Gasteiger partial charge in [0.05, 0.1) is 19.3 Å². The fourth-order valence-electron chi connectivity index (χ4n) is 1.75. The average molecular weight is 207 g/mol. The number of halogens is 1. The maximum Gasteiger partial charge on any atom is 0.123 e. The van der Waals surface area contributed by atoms with Gasteiger partial charge in [-0.05, 0) is 23.2 Å². The molecule has 1 aromatic rings. The lowest BCUT2D eigenvalue weighted by Gasteiger charge is -2.12. The molecule has 0 unspecified atom stereocenters. The molecule has 0 radical (unpaired) electrons. The second kappa shape index (κ2) is 4.29. The zero-order valence-corrected chi connectivity index (χ0v) is 8.01. The summed E-state index contributed by atoms with van der Waals surface area (Å²) in [6.45, 7) is 0.960. The van der Waals surface area contributed by atoms with Crippen LogP contribution in [0.4, 0.5) is 4.39 Å². The number of nitrogens with zero attached hydrogens (tertiary/aromatic N) is 3. The smallest absolute Gasteiger partial charge is 0.123 e. The van der Waals surface area contributed by atoms with E-state index in [1.54, 1.807) is 12.1 Å². The molecule has 0 bridgehead atoms. The van der Waals surface area contributed by atoms with E-state index in [4.69, 9.17) is 10.3 Å². The molecule has 1 heterocycles. The van der Waals surface area contributed by atoms with E-state index in [9.17, 15) is 4.39 Å². The Hall–Kier alpha value is -1.58. The highest BCUT2D eigenvalue weighted by Crippen LogP contribution is 2.28. The number of ether oxygens (including phenoxy) is 1. The molecule has 1 fully saturated rings. The van der Waals surface area contributed by atoms with Gasteiger partial charge in [-0.25, -0.2) is 4.39 Å². The second-order valence-corrected chi connectivity index (χ2v) is 3.47. The van der Waals surface area contributed by atoms with Crippen LogP contribution < -0.4 is 0 Å². The molecule has 0 N–H and O–H groups in total. The van der Waals surface area contributed by atoms with E-state index in [1.165, 1.54) is 12.1 Å². The Bertz CT molecular complexity index is 386. The standard InChI is InChI=1S/C10H10FN3O/c11-8-3-1-7(2-4-8)9-5-15-6-10(9)13-14-12/h1-4,9-10H,5-6H2/t9-,10+/m0/s1. The predicted molar refractivity (Wildman–Crippen MR) is 52.9 cm³/mol. The fourth-order valence-corrected chi connectivity index (χ4v) is 1.75. The molecule has 15 heavy (non-hydrogen) atoms. The van der Waals surface area contributed by atoms with Gasteiger partial charge in [-0.15, -0.1) is 0 Å². The average Bonchev–Trinajstić information content (AvgIpc) is 2.68. The van der Waals surface area contributed by atoms with Crippen molar-refractivity contribution in [3.05, 3.63) is 46.1 Å². The minimum absolute atomic E-state index is 0.0431. The van der Waals surface area contributed by atoms with Gasteiger partial charge in [-0.3, -0.25) is 0 Å². The first-order valence-electron chi connectivity index (χ1n) is 4.68. The lowest BCUT2D eigenvalue weighted by atomic mass is 9.95. The van der Waals surface area contributed by atoms with Crippen LogP contribution in [0.5, 0.6) is 0 Å². The van der Waals surface area contributed by atoms with Gasteiger partial charge in [0.2, 0.25) is 0 Å². The summed E-state index contributed by atoms with van der Waals surface area (Å²) in [5.74, 6) is -0.223. The Morgan fingerprint density at radius 3 is 2.73 bits per heavy atom. The van der Waals surface area contributed by atoms with Crippen LogP contribution in [0, 0.1) is 5.82 Å². The van der Waals surface area contributed by atoms with E-state index < -0.39 is 0 Å². The highest BCUT2D eigenvalue weighted by atomic mass is 19.1. The Kier molecular flexibility index (Phi) is 2.85. The Labute approximate surface area is 86.3 Å². The van der Waals surface area contributed by atoms with E-state index in [0.29, 0.717) is 13.2 Å². The van der Waals surface area contributed by atoms with Gasteiger partial charge < -0.3 is 4.74 Å². The largest absolute Gasteiger partial charge is 0.380 e. The highest BCUT2D eigenvalue weighted by Gasteiger charge is 2.28. The van der Waals surface area contributed by atoms with Crippen molar-refractivity contribution in [1.29, 1.82) is 0 Å². The van der Waals surface area contributed by atoms with Crippen molar-refractivity contribution in [3.8, 4) is 0 Å². The molecule has 2 atom stereocenters. The lowest BCUT2D eigenvalue weighted by molar-refractivity contribution is 0.191. The minimum Gasteiger partial charge on any atom is -0.380 e. The van der Waals surface area contributed by atoms with Crippen LogP contribution in [0.1, 0.15) is 11.5 Å². The van der Waals surface area contributed by atoms with Crippen molar-refractivity contribution in [2.45, 2.75) is 12.0 Å². The molecule has 4 nitrogen and oxygen atoms in total. The lowest BCUT2D eigenvalue weighted by Crippen LogP contribution is -2.13. The zero-order valence-electron chi connectivity index (χ0n) is 8.01. The maximum atomic E-state index is 12.7. The van der Waals surface area contributed by atoms with Crippen molar-refractivity contribution in [2.75, 3.05) is 13.2 Å². The number of rotatable bonds is 2. The first kappa shape index (κ1) is 9.96. The van der Waals surface area contributed by atoms with E-state index in [2.05, 4.69) is 10.0 Å². The van der Waals surface area contributed by atoms with Crippen molar-refractivity contribution < 1.29 is 9.13 Å². The number of hydrogen-bond donors (Lipinski definition) is 0. The van der Waals surface area contributed by atoms with Crippen LogP contribution in [0.15, 0.2) is 29.4 Å². The quantitative estimate of drug-likeness (QED) is 0.417. The minimum atomic E-state index is -0.266. The third-order valence-corrected chi connectivity index (χ3v) is 2.55. The molecule has 2 rings (SSSR count). The molecular formula is C10H10FN3O. The van der Waals surface area contributed by atoms with Gasteiger partial charge in [0.15, 0.2) is 0 Å². The van der Waals surface area contributed by atoms with Crippen molar-refractivity contribution in [3.63, 3.8) is 0 Å². The van der Waals surface area contributed by atoms with Crippen LogP contribution in [0.2, 0.25) is 0 Å². The molecule has 1 aliphatic heterocycles. The molecule has 0 aliphatic carbocycles. The SMILES string of the molecule is [N-]=[N+]=N[C@@H]1COC[C@H]1c1ccc(F)cc1. The number of hydrogen-bond acceptors (Lipinski definition) is 2. The van der Waals surface area contributed by atoms with Crippen molar-refractivity contribution in [1.82, 2.24) is 0 Å². The first-order valence-corrected chi connectivity index (χ1v) is 4.68. The summed E-state index contributed by atoms with van der Waals surface area (Å²) >= 11 is 0. The van der Waals surface area contributed by atoms with E-state index in [-0.39, 0.29) is 17.8 Å². The summed E-state index contributed by atoms with van der Waals surface area (Å²) in [6.07, 6.45) is 0. The van der Waals surface area contributed by atoms with Gasteiger partial charge in [-0.2, -0.15) is 0 Å². The summed E-state index contributed by atoms with van der Waals surface area (Å²) in [5.41, 5.74) is 9.33. The summed E-state index contributed by atoms with van der Waals surface area (Å²) in [6, 6.07) is 6.03. The van der Waals surface area contributed by atoms with E-state index >= 15 is 0 Å². The molecule has 1 aliphatic rings. The van der Waals surface area contributed by atoms with Crippen molar-refractivity contribution in [2.24, 2.45) is 5.11 Å². The fraction of sp³-hybridized carbons (Fsp3) is 0.400. The van der Waals surface area contributed by atoms with Crippen molar-refractivity contribution >= 4 is 0 Å². The topological polar surface area (TPSA) is 58.0 Å². The zero-order chi connectivity index (χ0) is 10.7. The molecule has 0 amide bonds. The van der Waals surface area contributed by atoms with Gasteiger partial charge >= 0.3 is 0 Å². The Morgan fingerprint density at radius 2 is 2.07 bits per heavy atom. The maximum absolute atomic E-state index is 12.7. The third-order valence-electron chi connectivity index (χ3n) is 2.55. The van der Waals surface area contributed by atoms with Gasteiger partial charge in [-0.1, -0.05) is 17.2 Å². The van der Waals surface area contributed by atoms with Gasteiger partial charge in [0.1, 0.15) is 5.82 Å². The Morgan fingerprint density at radius 1 is 1.33 bits per heavy atom. The van der Waals surface area contributed by atoms with Crippen LogP contribution >= 0.6 is 0 Å². The molecule has 1 aromatic carbocycles. The second-order valence-electron chi connectivity index (χ2n) is 3.47. The number of azide groups is 1. The van der Waals surface area contributed by atoms with E-state index in [0.717, 1.165) is 5.56 Å². The highest BCUT2D eigenvalue weighted by molar-refractivity contribution is 5.23. The Balaban J connectivity index is 2.22. The molecular weight excluding hydrogens is 197 g/mol. The number of benzene rings is 1. The van der Waals surface area contributed by atoms with Gasteiger partial charge in [0.25, 0.3) is 0 Å². The van der Waals surface area contributed by atoms with Crippen LogP contribution in [0.25, 0.3) is 10.4 Å². The van der Waals surface area contributed by atoms with Gasteiger partial charge in [0, 0.05) is 10.8 Å². The van der Waals surface area contributed by atoms with E-state index in [1.807, 2.05) is 0 Å². The molecule has 0 aromatic heterocycles. The van der Waals surface area contributed by atoms with Crippen LogP contribution in [-0.4, -0.2) is 19.3 Å². The summed E-state index contributed by atoms with van der Waals surface area (Å²) in [4.78, 5) is 2.78. The third kappa shape index (κ3) is 2.09. The molecule has 78 valence electrons. The molecule has 0 spiro atoms. The summed E-state index contributed by atoms with van der Waals surface area (Å²) < 4.78 is 18.0. The molecule has 0 saturated carbocycles. The van der Waals surface area contributed by atoms with Crippen LogP contribution in [0.3, 0.4) is 0 Å². The monoisotopic (exact) mass is 207 g/mol. The first-order chi connectivity index (χ1) is 7.31. The van der Waals surface area contributed by atoms with Crippen LogP contribution in [-0.2, 0) is 4.74 Å². The normalized spacial score (nSPS) is 24.9. The molecule has 1 saturated heterocycles.